The molecule has 1 unspecified atom stereocenters. The lowest BCUT2D eigenvalue weighted by Crippen LogP contribution is -2.31. The smallest absolute Gasteiger partial charge is 0.306 e. The van der Waals surface area contributed by atoms with Gasteiger partial charge >= 0.3 is 23.9 Å². The van der Waals surface area contributed by atoms with Crippen LogP contribution in [0.3, 0.4) is 0 Å². The van der Waals surface area contributed by atoms with Crippen molar-refractivity contribution in [1.29, 1.82) is 0 Å². The van der Waals surface area contributed by atoms with Crippen LogP contribution in [0.2, 0.25) is 0 Å². The normalized spacial score (nSPS) is 11.8. The van der Waals surface area contributed by atoms with E-state index in [9.17, 15) is 19.2 Å². The molecule has 8 nitrogen and oxygen atoms in total. The quantitative estimate of drug-likeness (QED) is 0.0378. The highest BCUT2D eigenvalue weighted by molar-refractivity contribution is 5.71. The molecule has 0 heterocycles. The first-order valence-electron chi connectivity index (χ1n) is 21.5. The average molecular weight is 725 g/mol. The zero-order valence-electron chi connectivity index (χ0n) is 33.5. The molecule has 1 N–H and O–H groups in total. The summed E-state index contributed by atoms with van der Waals surface area (Å²) in [6, 6.07) is 0. The number of unbranched alkanes of at least 4 members (excludes halogenated alkanes) is 24. The molecule has 0 rings (SSSR count). The van der Waals surface area contributed by atoms with Crippen LogP contribution in [0.4, 0.5) is 0 Å². The Morgan fingerprint density at radius 3 is 1.12 bits per heavy atom. The molecule has 51 heavy (non-hydrogen) atoms. The van der Waals surface area contributed by atoms with Gasteiger partial charge in [-0.1, -0.05) is 175 Å². The van der Waals surface area contributed by atoms with E-state index in [1.54, 1.807) is 0 Å². The minimum atomic E-state index is -0.866. The summed E-state index contributed by atoms with van der Waals surface area (Å²) in [5.41, 5.74) is 0. The van der Waals surface area contributed by atoms with Crippen LogP contribution < -0.4 is 0 Å². The lowest BCUT2D eigenvalue weighted by molar-refractivity contribution is -0.167. The minimum absolute atomic E-state index is 0.0475. The number of carboxylic acid groups (broad SMARTS) is 1. The molecule has 0 aliphatic heterocycles. The van der Waals surface area contributed by atoms with Crippen LogP contribution in [0.5, 0.6) is 0 Å². The zero-order valence-corrected chi connectivity index (χ0v) is 33.5. The summed E-state index contributed by atoms with van der Waals surface area (Å²) < 4.78 is 16.5. The summed E-state index contributed by atoms with van der Waals surface area (Å²) in [4.78, 5) is 48.4. The van der Waals surface area contributed by atoms with Gasteiger partial charge in [-0.2, -0.15) is 0 Å². The zero-order chi connectivity index (χ0) is 37.6. The molecule has 0 aromatic rings. The first-order valence-corrected chi connectivity index (χ1v) is 21.5. The molecule has 8 heteroatoms. The van der Waals surface area contributed by atoms with Crippen LogP contribution in [0.25, 0.3) is 0 Å². The van der Waals surface area contributed by atoms with E-state index in [-0.39, 0.29) is 43.9 Å². The molecular weight excluding hydrogens is 644 g/mol. The van der Waals surface area contributed by atoms with Crippen LogP contribution in [0.15, 0.2) is 0 Å². The second kappa shape index (κ2) is 37.6. The number of carbonyl (C=O) groups excluding carboxylic acids is 3. The van der Waals surface area contributed by atoms with Crippen LogP contribution in [0.1, 0.15) is 226 Å². The maximum atomic E-state index is 12.6. The lowest BCUT2D eigenvalue weighted by Gasteiger charge is -2.19. The van der Waals surface area contributed by atoms with Gasteiger partial charge in [0.25, 0.3) is 0 Å². The van der Waals surface area contributed by atoms with Gasteiger partial charge < -0.3 is 19.3 Å². The van der Waals surface area contributed by atoms with Crippen LogP contribution in [-0.4, -0.2) is 48.3 Å². The molecule has 300 valence electrons. The molecule has 0 aliphatic rings. The lowest BCUT2D eigenvalue weighted by atomic mass is 10.0. The second-order valence-electron chi connectivity index (χ2n) is 15.1. The van der Waals surface area contributed by atoms with E-state index in [1.807, 2.05) is 6.92 Å². The molecule has 0 bridgehead atoms. The van der Waals surface area contributed by atoms with Crippen molar-refractivity contribution < 1.29 is 38.5 Å². The number of carboxylic acids is 1. The van der Waals surface area contributed by atoms with Gasteiger partial charge in [0.15, 0.2) is 6.10 Å². The topological polar surface area (TPSA) is 116 Å². The van der Waals surface area contributed by atoms with Crippen molar-refractivity contribution >= 4 is 23.9 Å². The molecule has 1 atom stereocenters. The SMILES string of the molecule is CCCCCCCCCCCCCCCC(=O)OCC(COC(=O)CCCCCCCCCCCCCCC)OC(=O)CC(C)CCCC(=O)O. The summed E-state index contributed by atoms with van der Waals surface area (Å²) in [6.45, 7) is 6.08. The van der Waals surface area contributed by atoms with E-state index in [0.29, 0.717) is 25.7 Å². The number of hydrogen-bond acceptors (Lipinski definition) is 7. The van der Waals surface area contributed by atoms with Crippen molar-refractivity contribution in [2.45, 2.75) is 232 Å². The molecule has 0 aliphatic carbocycles. The molecule has 0 fully saturated rings. The van der Waals surface area contributed by atoms with Gasteiger partial charge in [0.1, 0.15) is 13.2 Å². The van der Waals surface area contributed by atoms with Gasteiger partial charge in [0.05, 0.1) is 0 Å². The first kappa shape index (κ1) is 48.9. The Hall–Kier alpha value is -2.12. The summed E-state index contributed by atoms with van der Waals surface area (Å²) in [5, 5.41) is 8.87. The minimum Gasteiger partial charge on any atom is -0.481 e. The number of esters is 3. The highest BCUT2D eigenvalue weighted by Gasteiger charge is 2.21. The molecule has 0 aromatic carbocycles. The third-order valence-corrected chi connectivity index (χ3v) is 9.73. The summed E-state index contributed by atoms with van der Waals surface area (Å²) in [5.74, 6) is -2.04. The van der Waals surface area contributed by atoms with Gasteiger partial charge in [-0.05, 0) is 31.6 Å². The highest BCUT2D eigenvalue weighted by atomic mass is 16.6. The Morgan fingerprint density at radius 2 is 0.784 bits per heavy atom. The fourth-order valence-corrected chi connectivity index (χ4v) is 6.43. The third-order valence-electron chi connectivity index (χ3n) is 9.73. The van der Waals surface area contributed by atoms with Gasteiger partial charge in [-0.3, -0.25) is 19.2 Å². The predicted molar refractivity (Wildman–Crippen MR) is 208 cm³/mol. The second-order valence-corrected chi connectivity index (χ2v) is 15.1. The molecule has 0 spiro atoms. The number of aliphatic carboxylic acids is 1. The van der Waals surface area contributed by atoms with E-state index in [4.69, 9.17) is 19.3 Å². The fourth-order valence-electron chi connectivity index (χ4n) is 6.43. The Bertz CT molecular complexity index is 783. The predicted octanol–water partition coefficient (Wildman–Crippen LogP) is 12.2. The van der Waals surface area contributed by atoms with Gasteiger partial charge in [-0.25, -0.2) is 0 Å². The van der Waals surface area contributed by atoms with E-state index < -0.39 is 18.0 Å². The molecule has 0 saturated carbocycles. The van der Waals surface area contributed by atoms with Gasteiger partial charge in [0, 0.05) is 25.7 Å². The summed E-state index contributed by atoms with van der Waals surface area (Å²) in [6.07, 6.45) is 33.1. The largest absolute Gasteiger partial charge is 0.481 e. The third kappa shape index (κ3) is 37.4. The van der Waals surface area contributed by atoms with Crippen molar-refractivity contribution in [3.63, 3.8) is 0 Å². The van der Waals surface area contributed by atoms with E-state index >= 15 is 0 Å². The van der Waals surface area contributed by atoms with Crippen molar-refractivity contribution in [2.75, 3.05) is 13.2 Å². The Morgan fingerprint density at radius 1 is 0.451 bits per heavy atom. The molecule has 0 aromatic heterocycles. The van der Waals surface area contributed by atoms with Gasteiger partial charge in [-0.15, -0.1) is 0 Å². The molecule has 0 saturated heterocycles. The van der Waals surface area contributed by atoms with Crippen molar-refractivity contribution in [3.05, 3.63) is 0 Å². The fraction of sp³-hybridized carbons (Fsp3) is 0.907. The Labute approximate surface area is 313 Å². The van der Waals surface area contributed by atoms with Crippen molar-refractivity contribution in [3.8, 4) is 0 Å². The number of ether oxygens (including phenoxy) is 3. The maximum Gasteiger partial charge on any atom is 0.306 e. The van der Waals surface area contributed by atoms with E-state index in [0.717, 1.165) is 38.5 Å². The van der Waals surface area contributed by atoms with Gasteiger partial charge in [0.2, 0.25) is 0 Å². The average Bonchev–Trinajstić information content (AvgIpc) is 3.09. The highest BCUT2D eigenvalue weighted by Crippen LogP contribution is 2.16. The Balaban J connectivity index is 4.32. The van der Waals surface area contributed by atoms with Crippen molar-refractivity contribution in [1.82, 2.24) is 0 Å². The molecular formula is C43H80O8. The number of hydrogen-bond donors (Lipinski definition) is 1. The summed E-state index contributed by atoms with van der Waals surface area (Å²) >= 11 is 0. The van der Waals surface area contributed by atoms with Crippen LogP contribution in [0, 0.1) is 5.92 Å². The van der Waals surface area contributed by atoms with Crippen molar-refractivity contribution in [2.24, 2.45) is 5.92 Å². The monoisotopic (exact) mass is 725 g/mol. The van der Waals surface area contributed by atoms with Crippen LogP contribution >= 0.6 is 0 Å². The first-order chi connectivity index (χ1) is 24.8. The molecule has 0 radical (unpaired) electrons. The molecule has 0 amide bonds. The van der Waals surface area contributed by atoms with E-state index in [2.05, 4.69) is 13.8 Å². The summed E-state index contributed by atoms with van der Waals surface area (Å²) in [7, 11) is 0. The number of carbonyl (C=O) groups is 4. The van der Waals surface area contributed by atoms with Crippen LogP contribution in [-0.2, 0) is 33.4 Å². The standard InChI is InChI=1S/C43H80O8/c1-4-6-8-10-12-14-16-18-20-22-24-26-28-33-41(46)49-36-39(51-43(48)35-38(3)31-30-32-40(44)45)37-50-42(47)34-29-27-25-23-21-19-17-15-13-11-9-7-5-2/h38-39H,4-37H2,1-3H3,(H,44,45). The maximum absolute atomic E-state index is 12.6. The number of rotatable bonds is 39. The van der Waals surface area contributed by atoms with E-state index in [1.165, 1.54) is 128 Å². The Kier molecular flexibility index (Phi) is 36.1.